The molecule has 2 rings (SSSR count). The van der Waals surface area contributed by atoms with Crippen LogP contribution >= 0.6 is 0 Å². The fourth-order valence-corrected chi connectivity index (χ4v) is 1.94. The van der Waals surface area contributed by atoms with Crippen LogP contribution in [0.15, 0.2) is 18.2 Å². The largest absolute Gasteiger partial charge is 0.490 e. The maximum absolute atomic E-state index is 13.1. The lowest BCUT2D eigenvalue weighted by atomic mass is 10.2. The molecule has 104 valence electrons. The number of benzene rings is 1. The van der Waals surface area contributed by atoms with Crippen molar-refractivity contribution in [2.45, 2.75) is 6.10 Å². The zero-order valence-electron chi connectivity index (χ0n) is 10.6. The van der Waals surface area contributed by atoms with Crippen molar-refractivity contribution in [3.8, 4) is 5.75 Å². The van der Waals surface area contributed by atoms with Gasteiger partial charge in [-0.3, -0.25) is 0 Å². The number of rotatable bonds is 4. The highest BCUT2D eigenvalue weighted by Crippen LogP contribution is 2.20. The summed E-state index contributed by atoms with van der Waals surface area (Å²) in [6, 6.07) is 3.37. The molecule has 5 nitrogen and oxygen atoms in total. The molecule has 0 aliphatic carbocycles. The van der Waals surface area contributed by atoms with E-state index < -0.39 is 11.8 Å². The average molecular weight is 269 g/mol. The van der Waals surface area contributed by atoms with Gasteiger partial charge in [0.05, 0.1) is 6.61 Å². The Balaban J connectivity index is 2.02. The molecule has 1 saturated heterocycles. The molecule has 1 aliphatic rings. The molecule has 1 unspecified atom stereocenters. The van der Waals surface area contributed by atoms with E-state index in [1.807, 2.05) is 7.05 Å². The van der Waals surface area contributed by atoms with Crippen molar-refractivity contribution in [3.63, 3.8) is 0 Å². The average Bonchev–Trinajstić information content (AvgIpc) is 2.36. The van der Waals surface area contributed by atoms with Crippen molar-refractivity contribution < 1.29 is 23.8 Å². The van der Waals surface area contributed by atoms with Crippen LogP contribution in [0.4, 0.5) is 4.39 Å². The first-order chi connectivity index (χ1) is 9.06. The molecule has 6 heteroatoms. The van der Waals surface area contributed by atoms with Crippen LogP contribution in [0, 0.1) is 5.82 Å². The SMILES string of the molecule is CN1CCOC(COc2cc(F)ccc2C(=O)O)C1. The van der Waals surface area contributed by atoms with E-state index in [2.05, 4.69) is 4.90 Å². The Bertz CT molecular complexity index is 466. The number of nitrogens with zero attached hydrogens (tertiary/aromatic N) is 1. The first-order valence-electron chi connectivity index (χ1n) is 6.02. The minimum atomic E-state index is -1.14. The van der Waals surface area contributed by atoms with Crippen LogP contribution < -0.4 is 4.74 Å². The fraction of sp³-hybridized carbons (Fsp3) is 0.462. The second kappa shape index (κ2) is 5.99. The van der Waals surface area contributed by atoms with Gasteiger partial charge >= 0.3 is 5.97 Å². The monoisotopic (exact) mass is 269 g/mol. The maximum Gasteiger partial charge on any atom is 0.339 e. The van der Waals surface area contributed by atoms with Crippen molar-refractivity contribution in [1.82, 2.24) is 4.90 Å². The Labute approximate surface area is 110 Å². The molecule has 1 atom stereocenters. The van der Waals surface area contributed by atoms with Gasteiger partial charge in [0.1, 0.15) is 29.8 Å². The summed E-state index contributed by atoms with van der Waals surface area (Å²) < 4.78 is 24.0. The third-order valence-electron chi connectivity index (χ3n) is 2.94. The highest BCUT2D eigenvalue weighted by molar-refractivity contribution is 5.90. The Morgan fingerprint density at radius 2 is 2.42 bits per heavy atom. The zero-order chi connectivity index (χ0) is 13.8. The quantitative estimate of drug-likeness (QED) is 0.891. The van der Waals surface area contributed by atoms with Crippen LogP contribution in [0.5, 0.6) is 5.75 Å². The van der Waals surface area contributed by atoms with E-state index in [9.17, 15) is 9.18 Å². The first kappa shape index (κ1) is 13.8. The number of hydrogen-bond donors (Lipinski definition) is 1. The lowest BCUT2D eigenvalue weighted by Gasteiger charge is -2.29. The van der Waals surface area contributed by atoms with Crippen LogP contribution in [0.2, 0.25) is 0 Å². The normalized spacial score (nSPS) is 20.2. The summed E-state index contributed by atoms with van der Waals surface area (Å²) in [6.07, 6.45) is -0.135. The van der Waals surface area contributed by atoms with Gasteiger partial charge in [0, 0.05) is 19.2 Å². The molecule has 19 heavy (non-hydrogen) atoms. The van der Waals surface area contributed by atoms with Gasteiger partial charge in [-0.05, 0) is 19.2 Å². The first-order valence-corrected chi connectivity index (χ1v) is 6.02. The summed E-state index contributed by atoms with van der Waals surface area (Å²) in [5.74, 6) is -1.64. The summed E-state index contributed by atoms with van der Waals surface area (Å²) in [4.78, 5) is 13.1. The summed E-state index contributed by atoms with van der Waals surface area (Å²) >= 11 is 0. The molecular weight excluding hydrogens is 253 g/mol. The molecular formula is C13H16FNO4. The van der Waals surface area contributed by atoms with E-state index in [1.54, 1.807) is 0 Å². The van der Waals surface area contributed by atoms with Crippen molar-refractivity contribution >= 4 is 5.97 Å². The van der Waals surface area contributed by atoms with E-state index in [4.69, 9.17) is 14.6 Å². The number of carboxylic acids is 1. The molecule has 0 radical (unpaired) electrons. The van der Waals surface area contributed by atoms with Crippen molar-refractivity contribution in [1.29, 1.82) is 0 Å². The van der Waals surface area contributed by atoms with E-state index in [0.29, 0.717) is 13.2 Å². The van der Waals surface area contributed by atoms with E-state index in [0.717, 1.165) is 18.7 Å². The topological polar surface area (TPSA) is 59.0 Å². The molecule has 0 bridgehead atoms. The van der Waals surface area contributed by atoms with Crippen LogP contribution in [0.3, 0.4) is 0 Å². The highest BCUT2D eigenvalue weighted by Gasteiger charge is 2.20. The van der Waals surface area contributed by atoms with Gasteiger partial charge in [-0.2, -0.15) is 0 Å². The highest BCUT2D eigenvalue weighted by atomic mass is 19.1. The van der Waals surface area contributed by atoms with Gasteiger partial charge in [-0.25, -0.2) is 9.18 Å². The fourth-order valence-electron chi connectivity index (χ4n) is 1.94. The molecule has 0 aromatic heterocycles. The minimum absolute atomic E-state index is 0.0318. The van der Waals surface area contributed by atoms with E-state index >= 15 is 0 Å². The number of carbonyl (C=O) groups is 1. The van der Waals surface area contributed by atoms with Crippen molar-refractivity contribution in [2.24, 2.45) is 0 Å². The minimum Gasteiger partial charge on any atom is -0.490 e. The number of hydrogen-bond acceptors (Lipinski definition) is 4. The van der Waals surface area contributed by atoms with Gasteiger partial charge in [-0.15, -0.1) is 0 Å². The molecule has 0 amide bonds. The summed E-state index contributed by atoms with van der Waals surface area (Å²) in [6.45, 7) is 2.38. The van der Waals surface area contributed by atoms with Crippen LogP contribution in [-0.2, 0) is 4.74 Å². The summed E-state index contributed by atoms with van der Waals surface area (Å²) in [7, 11) is 1.97. The number of aromatic carboxylic acids is 1. The Kier molecular flexibility index (Phi) is 4.34. The van der Waals surface area contributed by atoms with Crippen molar-refractivity contribution in [3.05, 3.63) is 29.6 Å². The van der Waals surface area contributed by atoms with Crippen LogP contribution in [0.25, 0.3) is 0 Å². The zero-order valence-corrected chi connectivity index (χ0v) is 10.6. The van der Waals surface area contributed by atoms with Gasteiger partial charge in [0.25, 0.3) is 0 Å². The van der Waals surface area contributed by atoms with E-state index in [-0.39, 0.29) is 24.0 Å². The van der Waals surface area contributed by atoms with E-state index in [1.165, 1.54) is 6.07 Å². The smallest absolute Gasteiger partial charge is 0.339 e. The second-order valence-corrected chi connectivity index (χ2v) is 4.51. The molecule has 0 spiro atoms. The van der Waals surface area contributed by atoms with Gasteiger partial charge in [0.15, 0.2) is 0 Å². The molecule has 1 aromatic rings. The Morgan fingerprint density at radius 1 is 1.63 bits per heavy atom. The summed E-state index contributed by atoms with van der Waals surface area (Å²) in [5, 5.41) is 8.99. The second-order valence-electron chi connectivity index (χ2n) is 4.51. The predicted octanol–water partition coefficient (Wildman–Crippen LogP) is 1.23. The predicted molar refractivity (Wildman–Crippen MR) is 66.1 cm³/mol. The third-order valence-corrected chi connectivity index (χ3v) is 2.94. The standard InChI is InChI=1S/C13H16FNO4/c1-15-4-5-18-10(7-15)8-19-12-6-9(14)2-3-11(12)13(16)17/h2-3,6,10H,4-5,7-8H2,1H3,(H,16,17). The van der Waals surface area contributed by atoms with Crippen molar-refractivity contribution in [2.75, 3.05) is 33.4 Å². The van der Waals surface area contributed by atoms with Crippen LogP contribution in [0.1, 0.15) is 10.4 Å². The van der Waals surface area contributed by atoms with Crippen LogP contribution in [-0.4, -0.2) is 55.4 Å². The lowest BCUT2D eigenvalue weighted by molar-refractivity contribution is -0.0405. The summed E-state index contributed by atoms with van der Waals surface area (Å²) in [5.41, 5.74) is -0.0504. The number of likely N-dealkylation sites (N-methyl/N-ethyl adjacent to an activating group) is 1. The molecule has 1 heterocycles. The number of ether oxygens (including phenoxy) is 2. The molecule has 1 N–H and O–H groups in total. The Morgan fingerprint density at radius 3 is 3.11 bits per heavy atom. The third kappa shape index (κ3) is 3.65. The number of morpholine rings is 1. The molecule has 0 saturated carbocycles. The Hall–Kier alpha value is -1.66. The van der Waals surface area contributed by atoms with Gasteiger partial charge in [-0.1, -0.05) is 0 Å². The molecule has 1 aliphatic heterocycles. The number of halogens is 1. The molecule has 1 aromatic carbocycles. The number of carboxylic acid groups (broad SMARTS) is 1. The maximum atomic E-state index is 13.1. The van der Waals surface area contributed by atoms with Gasteiger partial charge < -0.3 is 19.5 Å². The molecule has 1 fully saturated rings. The van der Waals surface area contributed by atoms with Gasteiger partial charge in [0.2, 0.25) is 0 Å². The lowest BCUT2D eigenvalue weighted by Crippen LogP contribution is -2.42.